The van der Waals surface area contributed by atoms with Gasteiger partial charge in [0.2, 0.25) is 0 Å². The van der Waals surface area contributed by atoms with Gasteiger partial charge in [0.15, 0.2) is 0 Å². The summed E-state index contributed by atoms with van der Waals surface area (Å²) in [7, 11) is 0. The maximum atomic E-state index is 6.09. The van der Waals surface area contributed by atoms with E-state index in [2.05, 4.69) is 136 Å². The summed E-state index contributed by atoms with van der Waals surface area (Å²) in [5, 5.41) is 0. The Morgan fingerprint density at radius 2 is 1.15 bits per heavy atom. The third-order valence-electron chi connectivity index (χ3n) is 7.31. The van der Waals surface area contributed by atoms with Crippen LogP contribution in [0.15, 0.2) is 143 Å². The minimum absolute atomic E-state index is 0.494. The number of allylic oxidation sites excluding steroid dienone is 5. The van der Waals surface area contributed by atoms with Crippen LogP contribution in [0, 0.1) is 0 Å². The fourth-order valence-corrected chi connectivity index (χ4v) is 6.26. The molecule has 0 aliphatic heterocycles. The Morgan fingerprint density at radius 3 is 1.68 bits per heavy atom. The van der Waals surface area contributed by atoms with Gasteiger partial charge in [-0.25, -0.2) is 0 Å². The van der Waals surface area contributed by atoms with Gasteiger partial charge >= 0.3 is 0 Å². The molecule has 0 heterocycles. The first-order valence-electron chi connectivity index (χ1n) is 13.7. The van der Waals surface area contributed by atoms with Crippen molar-refractivity contribution in [3.8, 4) is 22.6 Å². The summed E-state index contributed by atoms with van der Waals surface area (Å²) in [6.45, 7) is 8.60. The van der Waals surface area contributed by atoms with Crippen LogP contribution in [-0.2, 0) is 5.41 Å². The number of ether oxygens (including phenoxy) is 2. The largest absolute Gasteiger partial charge is 0.494 e. The second-order valence-corrected chi connectivity index (χ2v) is 11.6. The normalized spacial score (nSPS) is 13.2. The van der Waals surface area contributed by atoms with Gasteiger partial charge in [0.1, 0.15) is 18.1 Å². The molecule has 2 nitrogen and oxygen atoms in total. The van der Waals surface area contributed by atoms with Gasteiger partial charge < -0.3 is 9.47 Å². The molecule has 41 heavy (non-hydrogen) atoms. The molecule has 0 aromatic heterocycles. The van der Waals surface area contributed by atoms with Gasteiger partial charge in [-0.15, -0.1) is 0 Å². The predicted octanol–water partition coefficient (Wildman–Crippen LogP) is 10.6. The Balaban J connectivity index is 1.58. The fraction of sp³-hybridized carbons (Fsp3) is 0.135. The summed E-state index contributed by atoms with van der Waals surface area (Å²) in [4.78, 5) is 0. The molecular formula is C37H32Br2O2. The van der Waals surface area contributed by atoms with E-state index >= 15 is 0 Å². The first-order chi connectivity index (χ1) is 20.1. The number of fused-ring (bicyclic) bond motifs is 3. The molecule has 5 rings (SSSR count). The molecule has 0 N–H and O–H groups in total. The topological polar surface area (TPSA) is 18.5 Å². The van der Waals surface area contributed by atoms with Crippen molar-refractivity contribution in [2.45, 2.75) is 18.3 Å². The number of hydrogen-bond acceptors (Lipinski definition) is 2. The smallest absolute Gasteiger partial charge is 0.119 e. The molecule has 0 fully saturated rings. The Bertz CT molecular complexity index is 1530. The molecule has 1 aliphatic carbocycles. The second-order valence-electron chi connectivity index (χ2n) is 9.81. The van der Waals surface area contributed by atoms with E-state index in [1.165, 1.54) is 33.4 Å². The minimum Gasteiger partial charge on any atom is -0.494 e. The average Bonchev–Trinajstić information content (AvgIpc) is 3.27. The van der Waals surface area contributed by atoms with Crippen molar-refractivity contribution in [2.24, 2.45) is 0 Å². The number of rotatable bonds is 12. The lowest BCUT2D eigenvalue weighted by atomic mass is 9.67. The lowest BCUT2D eigenvalue weighted by Crippen LogP contribution is -2.28. The van der Waals surface area contributed by atoms with Crippen molar-refractivity contribution in [3.05, 3.63) is 166 Å². The van der Waals surface area contributed by atoms with Crippen molar-refractivity contribution in [1.29, 1.82) is 0 Å². The van der Waals surface area contributed by atoms with E-state index in [0.717, 1.165) is 33.3 Å². The zero-order valence-corrected chi connectivity index (χ0v) is 26.0. The summed E-state index contributed by atoms with van der Waals surface area (Å²) in [5.41, 5.74) is 6.78. The van der Waals surface area contributed by atoms with Crippen LogP contribution in [0.4, 0.5) is 0 Å². The molecule has 4 heteroatoms. The summed E-state index contributed by atoms with van der Waals surface area (Å²) in [6.07, 6.45) is 13.4. The first-order valence-corrected chi connectivity index (χ1v) is 15.3. The molecule has 206 valence electrons. The predicted molar refractivity (Wildman–Crippen MR) is 178 cm³/mol. The van der Waals surface area contributed by atoms with Crippen LogP contribution in [0.2, 0.25) is 0 Å². The average molecular weight is 668 g/mol. The van der Waals surface area contributed by atoms with Crippen molar-refractivity contribution in [3.63, 3.8) is 0 Å². The van der Waals surface area contributed by atoms with Crippen molar-refractivity contribution in [2.75, 3.05) is 13.2 Å². The lowest BCUT2D eigenvalue weighted by Gasteiger charge is -2.34. The van der Waals surface area contributed by atoms with Crippen LogP contribution in [0.1, 0.15) is 35.1 Å². The molecule has 0 spiro atoms. The standard InChI is InChI=1S/C37H32Br2O2/c1-3-5-7-8-10-24-41-32-19-13-28(14-20-32)37(27-11-17-31(18-12-27)40-23-9-6-4-2)35-25-29(38)15-21-33(35)34-22-16-30(39)26-36(34)37/h3-7,9,11-22,25-26H,1-2,8,10,23-24H2/b7-5+,9-6+. The van der Waals surface area contributed by atoms with E-state index < -0.39 is 5.41 Å². The Hall–Kier alpha value is -3.60. The fourth-order valence-electron chi connectivity index (χ4n) is 5.54. The zero-order valence-electron chi connectivity index (χ0n) is 22.9. The molecule has 0 saturated heterocycles. The van der Waals surface area contributed by atoms with E-state index in [9.17, 15) is 0 Å². The van der Waals surface area contributed by atoms with Crippen LogP contribution < -0.4 is 9.47 Å². The second kappa shape index (κ2) is 13.4. The summed E-state index contributed by atoms with van der Waals surface area (Å²) in [6, 6.07) is 30.3. The number of hydrogen-bond donors (Lipinski definition) is 0. The van der Waals surface area contributed by atoms with Gasteiger partial charge in [0, 0.05) is 8.95 Å². The Kier molecular flexibility index (Phi) is 9.43. The van der Waals surface area contributed by atoms with E-state index in [4.69, 9.17) is 9.47 Å². The highest BCUT2D eigenvalue weighted by atomic mass is 79.9. The van der Waals surface area contributed by atoms with Gasteiger partial charge in [0.05, 0.1) is 12.0 Å². The highest BCUT2D eigenvalue weighted by Gasteiger charge is 2.46. The van der Waals surface area contributed by atoms with E-state index in [0.29, 0.717) is 13.2 Å². The molecule has 4 aromatic rings. The van der Waals surface area contributed by atoms with Crippen molar-refractivity contribution < 1.29 is 9.47 Å². The highest BCUT2D eigenvalue weighted by molar-refractivity contribution is 9.10. The Morgan fingerprint density at radius 1 is 0.634 bits per heavy atom. The third kappa shape index (κ3) is 6.05. The Labute approximate surface area is 260 Å². The molecule has 0 atom stereocenters. The summed E-state index contributed by atoms with van der Waals surface area (Å²) < 4.78 is 14.1. The third-order valence-corrected chi connectivity index (χ3v) is 8.30. The molecule has 1 aliphatic rings. The SMILES string of the molecule is C=C/C=C/CCCOc1ccc(C2(c3ccc(OC/C=C/C=C)cc3)c3cc(Br)ccc3-c3ccc(Br)cc32)cc1. The van der Waals surface area contributed by atoms with Gasteiger partial charge in [-0.3, -0.25) is 0 Å². The number of unbranched alkanes of at least 4 members (excludes halogenated alkanes) is 1. The van der Waals surface area contributed by atoms with Crippen molar-refractivity contribution >= 4 is 31.9 Å². The van der Waals surface area contributed by atoms with E-state index in [1.807, 2.05) is 18.2 Å². The first kappa shape index (κ1) is 28.9. The lowest BCUT2D eigenvalue weighted by molar-refractivity contribution is 0.312. The maximum Gasteiger partial charge on any atom is 0.119 e. The van der Waals surface area contributed by atoms with Crippen LogP contribution in [0.25, 0.3) is 11.1 Å². The van der Waals surface area contributed by atoms with Gasteiger partial charge in [0.25, 0.3) is 0 Å². The van der Waals surface area contributed by atoms with Gasteiger partial charge in [-0.05, 0) is 101 Å². The van der Waals surface area contributed by atoms with Crippen LogP contribution >= 0.6 is 31.9 Å². The monoisotopic (exact) mass is 666 g/mol. The number of halogens is 2. The quantitative estimate of drug-likeness (QED) is 0.0973. The minimum atomic E-state index is -0.520. The molecule has 0 amide bonds. The van der Waals surface area contributed by atoms with Crippen LogP contribution in [-0.4, -0.2) is 13.2 Å². The van der Waals surface area contributed by atoms with Crippen LogP contribution in [0.3, 0.4) is 0 Å². The summed E-state index contributed by atoms with van der Waals surface area (Å²) in [5.74, 6) is 1.70. The molecule has 0 radical (unpaired) electrons. The molecule has 4 aromatic carbocycles. The van der Waals surface area contributed by atoms with E-state index in [1.54, 1.807) is 12.2 Å². The molecule has 0 saturated carbocycles. The van der Waals surface area contributed by atoms with Gasteiger partial charge in [-0.2, -0.15) is 0 Å². The zero-order chi connectivity index (χ0) is 28.7. The van der Waals surface area contributed by atoms with Gasteiger partial charge in [-0.1, -0.05) is 112 Å². The molecular weight excluding hydrogens is 636 g/mol. The van der Waals surface area contributed by atoms with E-state index in [-0.39, 0.29) is 0 Å². The molecule has 0 unspecified atom stereocenters. The van der Waals surface area contributed by atoms with Crippen LogP contribution in [0.5, 0.6) is 11.5 Å². The number of benzene rings is 4. The summed E-state index contributed by atoms with van der Waals surface area (Å²) >= 11 is 7.53. The highest BCUT2D eigenvalue weighted by Crippen LogP contribution is 2.57. The van der Waals surface area contributed by atoms with Crippen molar-refractivity contribution in [1.82, 2.24) is 0 Å². The maximum absolute atomic E-state index is 6.09. The molecule has 0 bridgehead atoms.